The molecule has 0 unspecified atom stereocenters. The molecule has 1 aromatic heterocycles. The third kappa shape index (κ3) is 2.74. The van der Waals surface area contributed by atoms with Crippen LogP contribution in [0.15, 0.2) is 24.3 Å². The van der Waals surface area contributed by atoms with E-state index < -0.39 is 6.61 Å². The number of aromatic amines is 1. The lowest BCUT2D eigenvalue weighted by Crippen LogP contribution is -2.30. The lowest BCUT2D eigenvalue weighted by Gasteiger charge is -2.17. The molecule has 1 N–H and O–H groups in total. The molecule has 0 radical (unpaired) electrons. The topological polar surface area (TPSA) is 45.3 Å². The summed E-state index contributed by atoms with van der Waals surface area (Å²) in [5, 5.41) is 0.475. The van der Waals surface area contributed by atoms with Gasteiger partial charge in [-0.2, -0.15) is 8.78 Å². The molecule has 4 nitrogen and oxygen atoms in total. The quantitative estimate of drug-likeness (QED) is 0.915. The van der Waals surface area contributed by atoms with Crippen LogP contribution < -0.4 is 4.74 Å². The van der Waals surface area contributed by atoms with Gasteiger partial charge in [0.25, 0.3) is 5.91 Å². The zero-order valence-corrected chi connectivity index (χ0v) is 11.3. The summed E-state index contributed by atoms with van der Waals surface area (Å²) in [5.41, 5.74) is 0.965. The van der Waals surface area contributed by atoms with Crippen molar-refractivity contribution >= 4 is 16.8 Å². The molecular weight excluding hydrogens is 266 g/mol. The minimum absolute atomic E-state index is 0.0624. The van der Waals surface area contributed by atoms with Crippen molar-refractivity contribution in [2.45, 2.75) is 20.5 Å². The Bertz CT molecular complexity index is 606. The Hall–Kier alpha value is -2.11. The Morgan fingerprint density at radius 2 is 2.05 bits per heavy atom. The lowest BCUT2D eigenvalue weighted by atomic mass is 10.2. The van der Waals surface area contributed by atoms with Crippen LogP contribution >= 0.6 is 0 Å². The van der Waals surface area contributed by atoms with Crippen LogP contribution in [0.1, 0.15) is 24.3 Å². The number of rotatable bonds is 5. The molecule has 0 aliphatic heterocycles. The number of nitrogens with zero attached hydrogens (tertiary/aromatic N) is 1. The third-order valence-corrected chi connectivity index (χ3v) is 3.12. The van der Waals surface area contributed by atoms with E-state index in [4.69, 9.17) is 0 Å². The summed E-state index contributed by atoms with van der Waals surface area (Å²) in [5.74, 6) is -0.0958. The number of nitrogens with one attached hydrogen (secondary N) is 1. The summed E-state index contributed by atoms with van der Waals surface area (Å²) >= 11 is 0. The van der Waals surface area contributed by atoms with Crippen LogP contribution in [-0.4, -0.2) is 35.5 Å². The molecule has 0 spiro atoms. The van der Waals surface area contributed by atoms with Gasteiger partial charge in [0.15, 0.2) is 0 Å². The number of hydrogen-bond acceptors (Lipinski definition) is 2. The maximum absolute atomic E-state index is 12.3. The molecule has 1 heterocycles. The van der Waals surface area contributed by atoms with Crippen molar-refractivity contribution in [2.24, 2.45) is 0 Å². The standard InChI is InChI=1S/C14H16F2N2O2/c1-3-18(4-2)13(19)11-8-9-10(17-11)6-5-7-12(9)20-14(15)16/h5-8,14,17H,3-4H2,1-2H3. The molecule has 20 heavy (non-hydrogen) atoms. The summed E-state index contributed by atoms with van der Waals surface area (Å²) in [4.78, 5) is 16.8. The van der Waals surface area contributed by atoms with Crippen molar-refractivity contribution in [3.05, 3.63) is 30.0 Å². The molecule has 0 saturated heterocycles. The SMILES string of the molecule is CCN(CC)C(=O)c1cc2c(OC(F)F)cccc2[nH]1. The van der Waals surface area contributed by atoms with Gasteiger partial charge >= 0.3 is 6.61 Å². The average molecular weight is 282 g/mol. The number of carbonyl (C=O) groups is 1. The molecule has 0 saturated carbocycles. The fourth-order valence-electron chi connectivity index (χ4n) is 2.12. The first kappa shape index (κ1) is 14.3. The Morgan fingerprint density at radius 3 is 2.65 bits per heavy atom. The van der Waals surface area contributed by atoms with Crippen LogP contribution in [0.3, 0.4) is 0 Å². The minimum Gasteiger partial charge on any atom is -0.434 e. The van der Waals surface area contributed by atoms with Crippen LogP contribution in [-0.2, 0) is 0 Å². The van der Waals surface area contributed by atoms with Gasteiger partial charge in [0.1, 0.15) is 11.4 Å². The van der Waals surface area contributed by atoms with E-state index >= 15 is 0 Å². The molecule has 1 aromatic carbocycles. The smallest absolute Gasteiger partial charge is 0.387 e. The fourth-order valence-corrected chi connectivity index (χ4v) is 2.12. The first-order chi connectivity index (χ1) is 9.56. The second-order valence-corrected chi connectivity index (χ2v) is 4.26. The van der Waals surface area contributed by atoms with E-state index in [2.05, 4.69) is 9.72 Å². The summed E-state index contributed by atoms with van der Waals surface area (Å²) < 4.78 is 29.1. The number of hydrogen-bond donors (Lipinski definition) is 1. The maximum atomic E-state index is 12.3. The first-order valence-corrected chi connectivity index (χ1v) is 6.42. The van der Waals surface area contributed by atoms with Gasteiger partial charge < -0.3 is 14.6 Å². The van der Waals surface area contributed by atoms with E-state index in [1.165, 1.54) is 6.07 Å². The summed E-state index contributed by atoms with van der Waals surface area (Å²) in [6.07, 6.45) is 0. The normalized spacial score (nSPS) is 11.1. The van der Waals surface area contributed by atoms with Crippen molar-refractivity contribution in [3.8, 4) is 5.75 Å². The molecule has 0 bridgehead atoms. The van der Waals surface area contributed by atoms with Gasteiger partial charge in [0.05, 0.1) is 0 Å². The highest BCUT2D eigenvalue weighted by Gasteiger charge is 2.17. The van der Waals surface area contributed by atoms with Gasteiger partial charge in [-0.3, -0.25) is 4.79 Å². The van der Waals surface area contributed by atoms with E-state index in [0.717, 1.165) is 0 Å². The number of benzene rings is 1. The van der Waals surface area contributed by atoms with Crippen LogP contribution in [0.2, 0.25) is 0 Å². The average Bonchev–Trinajstić information content (AvgIpc) is 2.84. The zero-order chi connectivity index (χ0) is 14.7. The molecular formula is C14H16F2N2O2. The van der Waals surface area contributed by atoms with Crippen molar-refractivity contribution < 1.29 is 18.3 Å². The molecule has 0 atom stereocenters. The summed E-state index contributed by atoms with van der Waals surface area (Å²) in [6.45, 7) is 2.05. The number of alkyl halides is 2. The number of ether oxygens (including phenoxy) is 1. The van der Waals surface area contributed by atoms with Gasteiger partial charge in [-0.15, -0.1) is 0 Å². The second kappa shape index (κ2) is 5.90. The Balaban J connectivity index is 2.40. The minimum atomic E-state index is -2.89. The van der Waals surface area contributed by atoms with Crippen LogP contribution in [0.4, 0.5) is 8.78 Å². The number of H-pyrrole nitrogens is 1. The first-order valence-electron chi connectivity index (χ1n) is 6.42. The summed E-state index contributed by atoms with van der Waals surface area (Å²) in [6, 6.07) is 6.32. The molecule has 6 heteroatoms. The maximum Gasteiger partial charge on any atom is 0.387 e. The number of carbonyl (C=O) groups excluding carboxylic acids is 1. The number of fused-ring (bicyclic) bond motifs is 1. The predicted octanol–water partition coefficient (Wildman–Crippen LogP) is 3.25. The van der Waals surface area contributed by atoms with Crippen LogP contribution in [0, 0.1) is 0 Å². The van der Waals surface area contributed by atoms with Crippen LogP contribution in [0.25, 0.3) is 10.9 Å². The number of halogens is 2. The highest BCUT2D eigenvalue weighted by molar-refractivity contribution is 5.99. The van der Waals surface area contributed by atoms with E-state index in [0.29, 0.717) is 29.7 Å². The van der Waals surface area contributed by atoms with E-state index in [9.17, 15) is 13.6 Å². The Kier molecular flexibility index (Phi) is 4.22. The number of amides is 1. The number of aromatic nitrogens is 1. The zero-order valence-electron chi connectivity index (χ0n) is 11.3. The van der Waals surface area contributed by atoms with E-state index in [1.807, 2.05) is 13.8 Å². The Morgan fingerprint density at radius 1 is 1.35 bits per heavy atom. The summed E-state index contributed by atoms with van der Waals surface area (Å²) in [7, 11) is 0. The van der Waals surface area contributed by atoms with Gasteiger partial charge in [0, 0.05) is 24.0 Å². The largest absolute Gasteiger partial charge is 0.434 e. The van der Waals surface area contributed by atoms with Gasteiger partial charge in [0.2, 0.25) is 0 Å². The van der Waals surface area contributed by atoms with Crippen molar-refractivity contribution in [1.29, 1.82) is 0 Å². The molecule has 0 fully saturated rings. The highest BCUT2D eigenvalue weighted by Crippen LogP contribution is 2.28. The Labute approximate surface area is 115 Å². The van der Waals surface area contributed by atoms with E-state index in [-0.39, 0.29) is 11.7 Å². The molecule has 0 aliphatic rings. The van der Waals surface area contributed by atoms with Crippen molar-refractivity contribution in [1.82, 2.24) is 9.88 Å². The van der Waals surface area contributed by atoms with Gasteiger partial charge in [-0.25, -0.2) is 0 Å². The highest BCUT2D eigenvalue weighted by atomic mass is 19.3. The van der Waals surface area contributed by atoms with Crippen molar-refractivity contribution in [3.63, 3.8) is 0 Å². The van der Waals surface area contributed by atoms with Crippen molar-refractivity contribution in [2.75, 3.05) is 13.1 Å². The lowest BCUT2D eigenvalue weighted by molar-refractivity contribution is -0.0487. The molecule has 2 aromatic rings. The second-order valence-electron chi connectivity index (χ2n) is 4.26. The molecule has 0 aliphatic carbocycles. The molecule has 2 rings (SSSR count). The fraction of sp³-hybridized carbons (Fsp3) is 0.357. The third-order valence-electron chi connectivity index (χ3n) is 3.12. The van der Waals surface area contributed by atoms with Crippen LogP contribution in [0.5, 0.6) is 5.75 Å². The van der Waals surface area contributed by atoms with Gasteiger partial charge in [-0.05, 0) is 32.0 Å². The predicted molar refractivity (Wildman–Crippen MR) is 72.2 cm³/mol. The monoisotopic (exact) mass is 282 g/mol. The van der Waals surface area contributed by atoms with E-state index in [1.54, 1.807) is 23.1 Å². The molecule has 108 valence electrons. The molecule has 1 amide bonds. The van der Waals surface area contributed by atoms with Gasteiger partial charge in [-0.1, -0.05) is 6.07 Å².